The number of benzene rings is 2. The van der Waals surface area contributed by atoms with Crippen molar-refractivity contribution in [2.24, 2.45) is 0 Å². The van der Waals surface area contributed by atoms with E-state index in [0.717, 1.165) is 11.1 Å². The van der Waals surface area contributed by atoms with Gasteiger partial charge >= 0.3 is 6.03 Å². The molecule has 4 amide bonds. The van der Waals surface area contributed by atoms with Crippen LogP contribution in [-0.4, -0.2) is 47.4 Å². The lowest BCUT2D eigenvalue weighted by Crippen LogP contribution is -2.54. The summed E-state index contributed by atoms with van der Waals surface area (Å²) in [4.78, 5) is 39.9. The molecule has 0 bridgehead atoms. The standard InChI is InChI=1S/C24H26N4O3/c1-15(2)25-24(31)27-20-12-13-28-21(20)22(29)26-19-11-10-17(14-18(19)23(28)30)9-8-16-6-4-3-5-7-16/h3-11,14-15,20-21H,12-13H2,1-2H3,(H,26,29)(H2,25,27,31)/t20-,21+/m1/s1. The van der Waals surface area contributed by atoms with E-state index in [-0.39, 0.29) is 23.9 Å². The average Bonchev–Trinajstić information content (AvgIpc) is 3.11. The summed E-state index contributed by atoms with van der Waals surface area (Å²) in [5.41, 5.74) is 2.88. The first-order chi connectivity index (χ1) is 14.9. The maximum absolute atomic E-state index is 13.3. The highest BCUT2D eigenvalue weighted by Crippen LogP contribution is 2.30. The second kappa shape index (κ2) is 8.63. The predicted molar refractivity (Wildman–Crippen MR) is 120 cm³/mol. The Morgan fingerprint density at radius 2 is 1.84 bits per heavy atom. The van der Waals surface area contributed by atoms with E-state index in [0.29, 0.717) is 24.2 Å². The lowest BCUT2D eigenvalue weighted by molar-refractivity contribution is -0.120. The molecular formula is C24H26N4O3. The zero-order valence-electron chi connectivity index (χ0n) is 17.6. The Labute approximate surface area is 181 Å². The summed E-state index contributed by atoms with van der Waals surface area (Å²) in [5, 5.41) is 8.49. The van der Waals surface area contributed by atoms with Gasteiger partial charge in [-0.25, -0.2) is 4.79 Å². The van der Waals surface area contributed by atoms with Gasteiger partial charge < -0.3 is 20.9 Å². The Bertz CT molecular complexity index is 1030. The number of nitrogens with one attached hydrogen (secondary N) is 3. The smallest absolute Gasteiger partial charge is 0.315 e. The van der Waals surface area contributed by atoms with E-state index in [1.165, 1.54) is 0 Å². The maximum Gasteiger partial charge on any atom is 0.315 e. The Morgan fingerprint density at radius 1 is 1.10 bits per heavy atom. The zero-order chi connectivity index (χ0) is 22.0. The van der Waals surface area contributed by atoms with Gasteiger partial charge in [-0.05, 0) is 43.5 Å². The molecule has 3 N–H and O–H groups in total. The highest BCUT2D eigenvalue weighted by molar-refractivity contribution is 6.11. The summed E-state index contributed by atoms with van der Waals surface area (Å²) in [6.07, 6.45) is 4.45. The van der Waals surface area contributed by atoms with Gasteiger partial charge in [0.1, 0.15) is 6.04 Å². The van der Waals surface area contributed by atoms with Crippen molar-refractivity contribution < 1.29 is 14.4 Å². The molecule has 2 atom stereocenters. The molecule has 7 nitrogen and oxygen atoms in total. The summed E-state index contributed by atoms with van der Waals surface area (Å²) in [6.45, 7) is 4.14. The van der Waals surface area contributed by atoms with Crippen LogP contribution in [0.4, 0.5) is 10.5 Å². The number of nitrogens with zero attached hydrogens (tertiary/aromatic N) is 1. The van der Waals surface area contributed by atoms with Crippen LogP contribution in [0.3, 0.4) is 0 Å². The van der Waals surface area contributed by atoms with Crippen LogP contribution in [0.2, 0.25) is 0 Å². The van der Waals surface area contributed by atoms with Crippen LogP contribution in [0, 0.1) is 0 Å². The lowest BCUT2D eigenvalue weighted by Gasteiger charge is -2.25. The van der Waals surface area contributed by atoms with E-state index in [1.54, 1.807) is 17.0 Å². The Morgan fingerprint density at radius 3 is 2.58 bits per heavy atom. The van der Waals surface area contributed by atoms with Gasteiger partial charge in [0.15, 0.2) is 0 Å². The van der Waals surface area contributed by atoms with Gasteiger partial charge in [-0.2, -0.15) is 0 Å². The molecule has 2 aromatic rings. The minimum Gasteiger partial charge on any atom is -0.336 e. The highest BCUT2D eigenvalue weighted by atomic mass is 16.2. The zero-order valence-corrected chi connectivity index (χ0v) is 17.6. The topological polar surface area (TPSA) is 90.5 Å². The normalized spacial score (nSPS) is 20.3. The molecule has 0 aromatic heterocycles. The number of hydrogen-bond acceptors (Lipinski definition) is 3. The van der Waals surface area contributed by atoms with Crippen molar-refractivity contribution >= 4 is 35.7 Å². The quantitative estimate of drug-likeness (QED) is 0.667. The van der Waals surface area contributed by atoms with Gasteiger partial charge in [0.2, 0.25) is 5.91 Å². The summed E-state index contributed by atoms with van der Waals surface area (Å²) in [5.74, 6) is -0.492. The first-order valence-electron chi connectivity index (χ1n) is 10.5. The van der Waals surface area contributed by atoms with Crippen LogP contribution in [0.1, 0.15) is 41.8 Å². The van der Waals surface area contributed by atoms with Crippen LogP contribution < -0.4 is 16.0 Å². The van der Waals surface area contributed by atoms with E-state index >= 15 is 0 Å². The number of rotatable bonds is 4. The second-order valence-electron chi connectivity index (χ2n) is 8.15. The summed E-state index contributed by atoms with van der Waals surface area (Å²) < 4.78 is 0. The minimum atomic E-state index is -0.735. The Hall–Kier alpha value is -3.61. The molecule has 0 saturated carbocycles. The third kappa shape index (κ3) is 4.45. The van der Waals surface area contributed by atoms with E-state index < -0.39 is 12.1 Å². The van der Waals surface area contributed by atoms with E-state index in [4.69, 9.17) is 0 Å². The largest absolute Gasteiger partial charge is 0.336 e. The monoisotopic (exact) mass is 418 g/mol. The number of carbonyl (C=O) groups excluding carboxylic acids is 3. The highest BCUT2D eigenvalue weighted by Gasteiger charge is 2.45. The summed E-state index contributed by atoms with van der Waals surface area (Å²) in [6, 6.07) is 13.8. The fourth-order valence-electron chi connectivity index (χ4n) is 4.04. The number of anilines is 1. The molecule has 0 unspecified atom stereocenters. The van der Waals surface area contributed by atoms with Crippen LogP contribution in [0.15, 0.2) is 48.5 Å². The molecule has 1 saturated heterocycles. The first kappa shape index (κ1) is 20.7. The maximum atomic E-state index is 13.3. The van der Waals surface area contributed by atoms with Crippen LogP contribution >= 0.6 is 0 Å². The molecular weight excluding hydrogens is 392 g/mol. The van der Waals surface area contributed by atoms with Crippen LogP contribution in [0.5, 0.6) is 0 Å². The number of amides is 4. The van der Waals surface area contributed by atoms with Crippen LogP contribution in [0.25, 0.3) is 12.2 Å². The molecule has 0 radical (unpaired) electrons. The first-order valence-corrected chi connectivity index (χ1v) is 10.5. The minimum absolute atomic E-state index is 0.0197. The van der Waals surface area contributed by atoms with Gasteiger partial charge in [-0.1, -0.05) is 48.6 Å². The van der Waals surface area contributed by atoms with Crippen molar-refractivity contribution in [1.82, 2.24) is 15.5 Å². The molecule has 0 aliphatic carbocycles. The number of urea groups is 1. The van der Waals surface area contributed by atoms with Gasteiger partial charge in [0.25, 0.3) is 5.91 Å². The average molecular weight is 418 g/mol. The van der Waals surface area contributed by atoms with Gasteiger partial charge in [0, 0.05) is 12.6 Å². The number of fused-ring (bicyclic) bond motifs is 2. The predicted octanol–water partition coefficient (Wildman–Crippen LogP) is 3.10. The summed E-state index contributed by atoms with van der Waals surface area (Å²) in [7, 11) is 0. The van der Waals surface area contributed by atoms with Gasteiger partial charge in [-0.15, -0.1) is 0 Å². The molecule has 160 valence electrons. The fraction of sp³-hybridized carbons (Fsp3) is 0.292. The number of hydrogen-bond donors (Lipinski definition) is 3. The lowest BCUT2D eigenvalue weighted by atomic mass is 10.1. The van der Waals surface area contributed by atoms with Crippen molar-refractivity contribution in [1.29, 1.82) is 0 Å². The Balaban J connectivity index is 1.56. The van der Waals surface area contributed by atoms with Crippen LogP contribution in [-0.2, 0) is 4.79 Å². The molecule has 4 rings (SSSR count). The third-order valence-electron chi connectivity index (χ3n) is 5.46. The van der Waals surface area contributed by atoms with Crippen molar-refractivity contribution in [2.45, 2.75) is 38.4 Å². The van der Waals surface area contributed by atoms with Crippen molar-refractivity contribution in [3.63, 3.8) is 0 Å². The van der Waals surface area contributed by atoms with Crippen molar-refractivity contribution in [3.05, 3.63) is 65.2 Å². The molecule has 31 heavy (non-hydrogen) atoms. The van der Waals surface area contributed by atoms with E-state index in [9.17, 15) is 14.4 Å². The van der Waals surface area contributed by atoms with Crippen molar-refractivity contribution in [2.75, 3.05) is 11.9 Å². The fourth-order valence-corrected chi connectivity index (χ4v) is 4.04. The number of carbonyl (C=O) groups is 3. The van der Waals surface area contributed by atoms with E-state index in [2.05, 4.69) is 16.0 Å². The third-order valence-corrected chi connectivity index (χ3v) is 5.46. The van der Waals surface area contributed by atoms with Gasteiger partial charge in [-0.3, -0.25) is 9.59 Å². The van der Waals surface area contributed by atoms with E-state index in [1.807, 2.05) is 62.4 Å². The SMILES string of the molecule is CC(C)NC(=O)N[C@@H]1CCN2C(=O)c3cc(C=Cc4ccccc4)ccc3NC(=O)[C@H]12. The molecule has 1 fully saturated rings. The second-order valence-corrected chi connectivity index (χ2v) is 8.15. The summed E-state index contributed by atoms with van der Waals surface area (Å²) >= 11 is 0. The molecule has 2 aromatic carbocycles. The molecule has 2 heterocycles. The molecule has 2 aliphatic heterocycles. The van der Waals surface area contributed by atoms with Crippen molar-refractivity contribution in [3.8, 4) is 0 Å². The van der Waals surface area contributed by atoms with Gasteiger partial charge in [0.05, 0.1) is 17.3 Å². The molecule has 2 aliphatic rings. The molecule has 0 spiro atoms. The Kier molecular flexibility index (Phi) is 5.75. The molecule has 7 heteroatoms.